The van der Waals surface area contributed by atoms with E-state index in [4.69, 9.17) is 4.74 Å². The summed E-state index contributed by atoms with van der Waals surface area (Å²) in [6.07, 6.45) is 0. The minimum atomic E-state index is -0.431. The Morgan fingerprint density at radius 3 is 2.57 bits per heavy atom. The molecule has 0 atom stereocenters. The number of carbonyl (C=O) groups is 1. The monoisotopic (exact) mass is 446 g/mol. The second kappa shape index (κ2) is 9.88. The minimum absolute atomic E-state index is 0.0129. The third-order valence-electron chi connectivity index (χ3n) is 4.30. The van der Waals surface area contributed by atoms with E-state index in [0.29, 0.717) is 28.4 Å². The van der Waals surface area contributed by atoms with Crippen LogP contribution in [0.3, 0.4) is 0 Å². The van der Waals surface area contributed by atoms with Crippen molar-refractivity contribution in [1.82, 2.24) is 9.88 Å². The number of methoxy groups -OCH3 is 1. The van der Waals surface area contributed by atoms with Gasteiger partial charge in [-0.05, 0) is 44.4 Å². The van der Waals surface area contributed by atoms with Crippen molar-refractivity contribution in [3.63, 3.8) is 0 Å². The van der Waals surface area contributed by atoms with Gasteiger partial charge in [-0.1, -0.05) is 11.3 Å². The van der Waals surface area contributed by atoms with Gasteiger partial charge in [0, 0.05) is 30.1 Å². The van der Waals surface area contributed by atoms with Crippen LogP contribution in [0, 0.1) is 10.1 Å². The maximum absolute atomic E-state index is 13.0. The number of nitro benzene ring substituents is 1. The molecule has 0 saturated heterocycles. The summed E-state index contributed by atoms with van der Waals surface area (Å²) >= 11 is 2.73. The van der Waals surface area contributed by atoms with Gasteiger partial charge in [0.25, 0.3) is 5.69 Å². The predicted octanol–water partition coefficient (Wildman–Crippen LogP) is 3.90. The molecule has 0 saturated carbocycles. The molecule has 0 bridgehead atoms. The molecule has 0 aliphatic carbocycles. The number of thioether (sulfide) groups is 1. The molecule has 3 aromatic rings. The Morgan fingerprint density at radius 2 is 1.93 bits per heavy atom. The first-order chi connectivity index (χ1) is 14.4. The summed E-state index contributed by atoms with van der Waals surface area (Å²) in [4.78, 5) is 32.8. The summed E-state index contributed by atoms with van der Waals surface area (Å²) in [6, 6.07) is 12.1. The Labute approximate surface area is 182 Å². The van der Waals surface area contributed by atoms with E-state index in [2.05, 4.69) is 4.98 Å². The van der Waals surface area contributed by atoms with Crippen molar-refractivity contribution in [3.05, 3.63) is 52.6 Å². The summed E-state index contributed by atoms with van der Waals surface area (Å²) in [6.45, 7) is 1.16. The third kappa shape index (κ3) is 5.47. The lowest BCUT2D eigenvalue weighted by Gasteiger charge is -2.21. The second-order valence-corrected chi connectivity index (χ2v) is 8.78. The molecule has 0 unspecified atom stereocenters. The maximum Gasteiger partial charge on any atom is 0.270 e. The standard InChI is InChI=1S/C20H22N4O4S2/c1-22(2)10-11-23(19(25)13-29-16-7-5-15(28-3)6-8-16)20-21-17-9-4-14(24(26)27)12-18(17)30-20/h4-9,12H,10-11,13H2,1-3H3. The third-order valence-corrected chi connectivity index (χ3v) is 6.33. The molecule has 10 heteroatoms. The smallest absolute Gasteiger partial charge is 0.270 e. The number of nitro groups is 1. The van der Waals surface area contributed by atoms with E-state index in [0.717, 1.165) is 10.6 Å². The number of carbonyl (C=O) groups excluding carboxylic acids is 1. The summed E-state index contributed by atoms with van der Waals surface area (Å²) in [7, 11) is 5.49. The van der Waals surface area contributed by atoms with Crippen molar-refractivity contribution in [2.75, 3.05) is 44.9 Å². The fourth-order valence-electron chi connectivity index (χ4n) is 2.65. The molecular formula is C20H22N4O4S2. The van der Waals surface area contributed by atoms with Crippen LogP contribution in [0.15, 0.2) is 47.4 Å². The molecule has 1 amide bonds. The van der Waals surface area contributed by atoms with E-state index < -0.39 is 4.92 Å². The molecule has 0 aliphatic heterocycles. The Bertz CT molecular complexity index is 1040. The van der Waals surface area contributed by atoms with Crippen LogP contribution in [0.5, 0.6) is 5.75 Å². The zero-order chi connectivity index (χ0) is 21.7. The van der Waals surface area contributed by atoms with Crippen LogP contribution in [0.25, 0.3) is 10.2 Å². The molecule has 3 rings (SSSR count). The second-order valence-electron chi connectivity index (χ2n) is 6.72. The number of amides is 1. The number of ether oxygens (including phenoxy) is 1. The van der Waals surface area contributed by atoms with Gasteiger partial charge in [-0.2, -0.15) is 0 Å². The van der Waals surface area contributed by atoms with Crippen molar-refractivity contribution >= 4 is 50.0 Å². The van der Waals surface area contributed by atoms with Gasteiger partial charge in [-0.25, -0.2) is 4.98 Å². The van der Waals surface area contributed by atoms with Crippen molar-refractivity contribution in [2.45, 2.75) is 4.90 Å². The van der Waals surface area contributed by atoms with Gasteiger partial charge in [0.05, 0.1) is 28.0 Å². The van der Waals surface area contributed by atoms with Crippen molar-refractivity contribution in [3.8, 4) is 5.75 Å². The Morgan fingerprint density at radius 1 is 1.20 bits per heavy atom. The lowest BCUT2D eigenvalue weighted by molar-refractivity contribution is -0.384. The normalized spacial score (nSPS) is 11.1. The van der Waals surface area contributed by atoms with E-state index >= 15 is 0 Å². The van der Waals surface area contributed by atoms with Gasteiger partial charge in [-0.3, -0.25) is 19.8 Å². The summed E-state index contributed by atoms with van der Waals surface area (Å²) in [5, 5.41) is 11.6. The summed E-state index contributed by atoms with van der Waals surface area (Å²) in [5.74, 6) is 0.962. The number of hydrogen-bond acceptors (Lipinski definition) is 8. The molecule has 1 heterocycles. The van der Waals surface area contributed by atoms with E-state index in [1.165, 1.54) is 35.2 Å². The van der Waals surface area contributed by atoms with Gasteiger partial charge >= 0.3 is 0 Å². The largest absolute Gasteiger partial charge is 0.497 e. The number of fused-ring (bicyclic) bond motifs is 1. The van der Waals surface area contributed by atoms with Gasteiger partial charge in [0.2, 0.25) is 5.91 Å². The maximum atomic E-state index is 13.0. The molecule has 0 radical (unpaired) electrons. The zero-order valence-electron chi connectivity index (χ0n) is 16.9. The van der Waals surface area contributed by atoms with E-state index in [1.54, 1.807) is 18.1 Å². The highest BCUT2D eigenvalue weighted by Gasteiger charge is 2.21. The number of anilines is 1. The molecule has 0 fully saturated rings. The highest BCUT2D eigenvalue weighted by molar-refractivity contribution is 8.00. The Balaban J connectivity index is 1.79. The first kappa shape index (κ1) is 22.0. The molecular weight excluding hydrogens is 424 g/mol. The molecule has 0 N–H and O–H groups in total. The van der Waals surface area contributed by atoms with Gasteiger partial charge in [-0.15, -0.1) is 11.8 Å². The SMILES string of the molecule is COc1ccc(SCC(=O)N(CCN(C)C)c2nc3ccc([N+](=O)[O-])cc3s2)cc1. The molecule has 0 aliphatic rings. The first-order valence-corrected chi connectivity index (χ1v) is 10.9. The molecule has 2 aromatic carbocycles. The molecule has 1 aromatic heterocycles. The van der Waals surface area contributed by atoms with Crippen LogP contribution in [0.1, 0.15) is 0 Å². The quantitative estimate of drug-likeness (QED) is 0.280. The lowest BCUT2D eigenvalue weighted by atomic mass is 10.3. The molecule has 8 nitrogen and oxygen atoms in total. The Kier molecular flexibility index (Phi) is 7.24. The van der Waals surface area contributed by atoms with Crippen molar-refractivity contribution in [1.29, 1.82) is 0 Å². The summed E-state index contributed by atoms with van der Waals surface area (Å²) in [5.41, 5.74) is 0.657. The number of hydrogen-bond donors (Lipinski definition) is 0. The lowest BCUT2D eigenvalue weighted by Crippen LogP contribution is -2.37. The van der Waals surface area contributed by atoms with Crippen LogP contribution in [0.2, 0.25) is 0 Å². The van der Waals surface area contributed by atoms with Gasteiger partial charge in [0.15, 0.2) is 5.13 Å². The van der Waals surface area contributed by atoms with Crippen molar-refractivity contribution < 1.29 is 14.5 Å². The van der Waals surface area contributed by atoms with Crippen LogP contribution in [0.4, 0.5) is 10.8 Å². The number of nitrogens with zero attached hydrogens (tertiary/aromatic N) is 4. The molecule has 0 spiro atoms. The average Bonchev–Trinajstić information content (AvgIpc) is 3.15. The highest BCUT2D eigenvalue weighted by atomic mass is 32.2. The molecule has 30 heavy (non-hydrogen) atoms. The van der Waals surface area contributed by atoms with E-state index in [9.17, 15) is 14.9 Å². The molecule has 158 valence electrons. The van der Waals surface area contributed by atoms with Crippen LogP contribution in [-0.4, -0.2) is 60.8 Å². The van der Waals surface area contributed by atoms with Crippen LogP contribution < -0.4 is 9.64 Å². The highest BCUT2D eigenvalue weighted by Crippen LogP contribution is 2.32. The number of thiazole rings is 1. The fourth-order valence-corrected chi connectivity index (χ4v) is 4.47. The number of aromatic nitrogens is 1. The number of likely N-dealkylation sites (N-methyl/N-ethyl adjacent to an activating group) is 1. The Hall–Kier alpha value is -2.69. The van der Waals surface area contributed by atoms with Crippen LogP contribution >= 0.6 is 23.1 Å². The van der Waals surface area contributed by atoms with Crippen LogP contribution in [-0.2, 0) is 4.79 Å². The van der Waals surface area contributed by atoms with E-state index in [-0.39, 0.29) is 17.3 Å². The van der Waals surface area contributed by atoms with Gasteiger partial charge in [0.1, 0.15) is 5.75 Å². The minimum Gasteiger partial charge on any atom is -0.497 e. The average molecular weight is 447 g/mol. The topological polar surface area (TPSA) is 88.8 Å². The number of benzene rings is 2. The number of rotatable bonds is 9. The van der Waals surface area contributed by atoms with Crippen molar-refractivity contribution in [2.24, 2.45) is 0 Å². The number of non-ortho nitro benzene ring substituents is 1. The zero-order valence-corrected chi connectivity index (χ0v) is 18.5. The first-order valence-electron chi connectivity index (χ1n) is 9.14. The van der Waals surface area contributed by atoms with E-state index in [1.807, 2.05) is 43.3 Å². The van der Waals surface area contributed by atoms with Gasteiger partial charge < -0.3 is 9.64 Å². The summed E-state index contributed by atoms with van der Waals surface area (Å²) < 4.78 is 5.84. The predicted molar refractivity (Wildman–Crippen MR) is 121 cm³/mol. The fraction of sp³-hybridized carbons (Fsp3) is 0.300.